The molecule has 1 N–H and O–H groups in total. The third-order valence-electron chi connectivity index (χ3n) is 6.40. The lowest BCUT2D eigenvalue weighted by Crippen LogP contribution is -2.39. The number of nitrogens with zero attached hydrogens (tertiary/aromatic N) is 2. The average molecular weight is 506 g/mol. The number of nitrogens with one attached hydrogen (secondary N) is 1. The van der Waals surface area contributed by atoms with Gasteiger partial charge >= 0.3 is 5.97 Å². The molecule has 1 aliphatic heterocycles. The van der Waals surface area contributed by atoms with Crippen LogP contribution in [0.25, 0.3) is 22.7 Å². The smallest absolute Gasteiger partial charge is 0.338 e. The van der Waals surface area contributed by atoms with E-state index in [0.717, 1.165) is 27.6 Å². The fourth-order valence-corrected chi connectivity index (χ4v) is 5.74. The zero-order valence-corrected chi connectivity index (χ0v) is 20.9. The van der Waals surface area contributed by atoms with Crippen LogP contribution in [-0.4, -0.2) is 22.1 Å². The summed E-state index contributed by atoms with van der Waals surface area (Å²) in [6, 6.07) is 26.4. The quantitative estimate of drug-likeness (QED) is 0.360. The van der Waals surface area contributed by atoms with E-state index in [0.29, 0.717) is 20.6 Å². The molecule has 0 fully saturated rings. The summed E-state index contributed by atoms with van der Waals surface area (Å²) < 4.78 is 7.67. The molecule has 1 unspecified atom stereocenters. The predicted molar refractivity (Wildman–Crippen MR) is 146 cm³/mol. The third kappa shape index (κ3) is 4.03. The van der Waals surface area contributed by atoms with E-state index >= 15 is 0 Å². The standard InChI is InChI=1S/C30H23N3O3S/c1-2-36-29(35)25-26(19-11-5-3-6-12-19)32-30-33(27(25)20-13-7-4-8-14-20)28(34)24(37-30)17-21-18-31-23-16-10-9-15-22(21)23/h3-18,27,31H,2H2,1H3/b24-17+. The molecule has 0 amide bonds. The lowest BCUT2D eigenvalue weighted by atomic mass is 9.93. The number of carbonyl (C=O) groups excluding carboxylic acids is 1. The highest BCUT2D eigenvalue weighted by Crippen LogP contribution is 2.35. The predicted octanol–water partition coefficient (Wildman–Crippen LogP) is 4.42. The molecule has 1 atom stereocenters. The van der Waals surface area contributed by atoms with Gasteiger partial charge in [-0.1, -0.05) is 90.2 Å². The van der Waals surface area contributed by atoms with Crippen LogP contribution in [0.3, 0.4) is 0 Å². The van der Waals surface area contributed by atoms with Crippen LogP contribution < -0.4 is 14.9 Å². The van der Waals surface area contributed by atoms with E-state index in [9.17, 15) is 9.59 Å². The number of rotatable bonds is 5. The molecule has 0 saturated carbocycles. The first kappa shape index (κ1) is 22.9. The molecule has 6 rings (SSSR count). The van der Waals surface area contributed by atoms with Crippen LogP contribution in [0, 0.1) is 0 Å². The van der Waals surface area contributed by atoms with Gasteiger partial charge in [0.05, 0.1) is 28.5 Å². The van der Waals surface area contributed by atoms with Crippen LogP contribution in [0.1, 0.15) is 29.7 Å². The molecule has 0 saturated heterocycles. The second kappa shape index (κ2) is 9.52. The van der Waals surface area contributed by atoms with Crippen LogP contribution in [-0.2, 0) is 9.53 Å². The number of thiazole rings is 1. The molecule has 0 bridgehead atoms. The maximum absolute atomic E-state index is 13.9. The highest BCUT2D eigenvalue weighted by molar-refractivity contribution is 7.07. The van der Waals surface area contributed by atoms with Crippen LogP contribution in [0.4, 0.5) is 0 Å². The second-order valence-corrected chi connectivity index (χ2v) is 9.64. The number of aromatic nitrogens is 2. The highest BCUT2D eigenvalue weighted by atomic mass is 32.1. The van der Waals surface area contributed by atoms with Gasteiger partial charge in [-0.3, -0.25) is 9.36 Å². The number of hydrogen-bond acceptors (Lipinski definition) is 5. The Morgan fingerprint density at radius 3 is 2.49 bits per heavy atom. The van der Waals surface area contributed by atoms with Crippen molar-refractivity contribution in [3.05, 3.63) is 133 Å². The van der Waals surface area contributed by atoms with Crippen molar-refractivity contribution in [1.29, 1.82) is 0 Å². The van der Waals surface area contributed by atoms with Crippen molar-refractivity contribution >= 4 is 40.0 Å². The Balaban J connectivity index is 1.65. The molecule has 3 aromatic carbocycles. The van der Waals surface area contributed by atoms with Crippen molar-refractivity contribution in [3.63, 3.8) is 0 Å². The summed E-state index contributed by atoms with van der Waals surface area (Å²) in [7, 11) is 0. The normalized spacial score (nSPS) is 15.5. The van der Waals surface area contributed by atoms with E-state index in [1.54, 1.807) is 11.5 Å². The van der Waals surface area contributed by atoms with E-state index in [-0.39, 0.29) is 12.2 Å². The lowest BCUT2D eigenvalue weighted by Gasteiger charge is -2.25. The van der Waals surface area contributed by atoms with Crippen LogP contribution in [0.2, 0.25) is 0 Å². The Labute approximate surface area is 216 Å². The van der Waals surface area contributed by atoms with E-state index < -0.39 is 12.0 Å². The van der Waals surface area contributed by atoms with Crippen LogP contribution >= 0.6 is 11.3 Å². The van der Waals surface area contributed by atoms with Crippen molar-refractivity contribution in [2.45, 2.75) is 13.0 Å². The molecular weight excluding hydrogens is 482 g/mol. The van der Waals surface area contributed by atoms with E-state index in [2.05, 4.69) is 4.98 Å². The molecule has 182 valence electrons. The van der Waals surface area contributed by atoms with Gasteiger partial charge in [0.25, 0.3) is 5.56 Å². The van der Waals surface area contributed by atoms with Crippen molar-refractivity contribution in [1.82, 2.24) is 9.55 Å². The first-order valence-corrected chi connectivity index (χ1v) is 12.9. The van der Waals surface area contributed by atoms with Gasteiger partial charge in [-0.25, -0.2) is 9.79 Å². The number of benzene rings is 3. The number of esters is 1. The molecule has 6 nitrogen and oxygen atoms in total. The Bertz CT molecular complexity index is 1830. The first-order chi connectivity index (χ1) is 18.2. The highest BCUT2D eigenvalue weighted by Gasteiger charge is 2.35. The summed E-state index contributed by atoms with van der Waals surface area (Å²) in [5.41, 5.74) is 4.20. The Kier molecular flexibility index (Phi) is 5.90. The van der Waals surface area contributed by atoms with Gasteiger partial charge in [0.15, 0.2) is 4.80 Å². The van der Waals surface area contributed by atoms with E-state index in [1.807, 2.05) is 97.2 Å². The number of aromatic amines is 1. The number of para-hydroxylation sites is 1. The summed E-state index contributed by atoms with van der Waals surface area (Å²) in [5, 5.41) is 1.03. The van der Waals surface area contributed by atoms with Gasteiger partial charge in [-0.05, 0) is 24.6 Å². The molecule has 2 aromatic heterocycles. The number of H-pyrrole nitrogens is 1. The van der Waals surface area contributed by atoms with Crippen molar-refractivity contribution < 1.29 is 9.53 Å². The molecule has 0 radical (unpaired) electrons. The molecular formula is C30H23N3O3S. The molecule has 37 heavy (non-hydrogen) atoms. The Hall–Kier alpha value is -4.49. The molecule has 5 aromatic rings. The minimum Gasteiger partial charge on any atom is -0.463 e. The van der Waals surface area contributed by atoms with Gasteiger partial charge in [-0.15, -0.1) is 0 Å². The van der Waals surface area contributed by atoms with Crippen molar-refractivity contribution in [3.8, 4) is 0 Å². The van der Waals surface area contributed by atoms with Gasteiger partial charge in [0, 0.05) is 28.2 Å². The summed E-state index contributed by atoms with van der Waals surface area (Å²) in [5.74, 6) is -0.482. The fraction of sp³-hybridized carbons (Fsp3) is 0.100. The fourth-order valence-electron chi connectivity index (χ4n) is 4.75. The number of hydrogen-bond donors (Lipinski definition) is 1. The lowest BCUT2D eigenvalue weighted by molar-refractivity contribution is -0.138. The molecule has 7 heteroatoms. The minimum atomic E-state index is -0.670. The van der Waals surface area contributed by atoms with Crippen molar-refractivity contribution in [2.24, 2.45) is 4.99 Å². The number of fused-ring (bicyclic) bond motifs is 2. The Morgan fingerprint density at radius 1 is 1.03 bits per heavy atom. The van der Waals surface area contributed by atoms with Crippen LogP contribution in [0.15, 0.2) is 106 Å². The third-order valence-corrected chi connectivity index (χ3v) is 7.38. The minimum absolute atomic E-state index is 0.197. The Morgan fingerprint density at radius 2 is 1.73 bits per heavy atom. The van der Waals surface area contributed by atoms with Crippen LogP contribution in [0.5, 0.6) is 0 Å². The largest absolute Gasteiger partial charge is 0.463 e. The van der Waals surface area contributed by atoms with Crippen molar-refractivity contribution in [2.75, 3.05) is 6.61 Å². The molecule has 0 spiro atoms. The summed E-state index contributed by atoms with van der Waals surface area (Å²) in [6.07, 6.45) is 3.79. The second-order valence-electron chi connectivity index (χ2n) is 8.63. The van der Waals surface area contributed by atoms with E-state index in [4.69, 9.17) is 9.73 Å². The maximum atomic E-state index is 13.9. The summed E-state index contributed by atoms with van der Waals surface area (Å²) in [6.45, 7) is 1.99. The van der Waals surface area contributed by atoms with Gasteiger partial charge in [0.2, 0.25) is 0 Å². The SMILES string of the molecule is CCOC(=O)C1=C(c2ccccc2)N=c2s/c(=C/c3c[nH]c4ccccc34)c(=O)n2C1c1ccccc1. The van der Waals surface area contributed by atoms with Gasteiger partial charge < -0.3 is 9.72 Å². The van der Waals surface area contributed by atoms with Gasteiger partial charge in [0.1, 0.15) is 0 Å². The van der Waals surface area contributed by atoms with Gasteiger partial charge in [-0.2, -0.15) is 0 Å². The number of carbonyl (C=O) groups is 1. The maximum Gasteiger partial charge on any atom is 0.338 e. The van der Waals surface area contributed by atoms with E-state index in [1.165, 1.54) is 11.3 Å². The topological polar surface area (TPSA) is 76.4 Å². The average Bonchev–Trinajstić information content (AvgIpc) is 3.49. The zero-order chi connectivity index (χ0) is 25.4. The molecule has 3 heterocycles. The molecule has 1 aliphatic rings. The zero-order valence-electron chi connectivity index (χ0n) is 20.0. The molecule has 0 aliphatic carbocycles. The monoisotopic (exact) mass is 505 g/mol. The summed E-state index contributed by atoms with van der Waals surface area (Å²) in [4.78, 5) is 36.0. The summed E-state index contributed by atoms with van der Waals surface area (Å²) >= 11 is 1.32. The number of ether oxygens (including phenoxy) is 1. The first-order valence-electron chi connectivity index (χ1n) is 12.0.